The van der Waals surface area contributed by atoms with Crippen molar-refractivity contribution in [2.75, 3.05) is 25.5 Å². The Morgan fingerprint density at radius 3 is 2.36 bits per heavy atom. The maximum Gasteiger partial charge on any atom is 0.276 e. The molecule has 9 nitrogen and oxygen atoms in total. The molecule has 5 rings (SSSR count). The molecule has 1 saturated heterocycles. The van der Waals surface area contributed by atoms with Crippen molar-refractivity contribution < 1.29 is 17.9 Å². The zero-order valence-electron chi connectivity index (χ0n) is 22.9. The fraction of sp³-hybridized carbons (Fsp3) is 0.345. The average molecular weight is 548 g/mol. The number of nitrogens with one attached hydrogen (secondary N) is 1. The van der Waals surface area contributed by atoms with Gasteiger partial charge in [0.25, 0.3) is 5.91 Å². The van der Waals surface area contributed by atoms with Gasteiger partial charge in [-0.25, -0.2) is 17.9 Å². The van der Waals surface area contributed by atoms with E-state index in [2.05, 4.69) is 24.3 Å². The Kier molecular flexibility index (Phi) is 7.17. The summed E-state index contributed by atoms with van der Waals surface area (Å²) in [5.41, 5.74) is 4.97. The van der Waals surface area contributed by atoms with Gasteiger partial charge in [-0.05, 0) is 74.1 Å². The number of aryl methyl sites for hydroxylation is 2. The molecule has 39 heavy (non-hydrogen) atoms. The van der Waals surface area contributed by atoms with Crippen LogP contribution in [0, 0.1) is 13.8 Å². The van der Waals surface area contributed by atoms with Gasteiger partial charge in [-0.2, -0.15) is 9.40 Å². The van der Waals surface area contributed by atoms with Gasteiger partial charge < -0.3 is 10.1 Å². The summed E-state index contributed by atoms with van der Waals surface area (Å²) < 4.78 is 35.7. The number of anilines is 1. The second-order valence-electron chi connectivity index (χ2n) is 10.2. The third-order valence-electron chi connectivity index (χ3n) is 7.08. The summed E-state index contributed by atoms with van der Waals surface area (Å²) in [7, 11) is -2.35. The minimum Gasteiger partial charge on any atom is -0.495 e. The second-order valence-corrected chi connectivity index (χ2v) is 12.1. The number of nitrogens with zero attached hydrogens (tertiary/aromatic N) is 4. The molecule has 0 aliphatic carbocycles. The van der Waals surface area contributed by atoms with Gasteiger partial charge in [-0.15, -0.1) is 0 Å². The van der Waals surface area contributed by atoms with E-state index >= 15 is 0 Å². The smallest absolute Gasteiger partial charge is 0.276 e. The number of sulfonamides is 1. The molecular weight excluding hydrogens is 514 g/mol. The molecule has 1 fully saturated rings. The van der Waals surface area contributed by atoms with Crippen LogP contribution in [-0.4, -0.2) is 53.4 Å². The Hall–Kier alpha value is -3.76. The van der Waals surface area contributed by atoms with Crippen LogP contribution < -0.4 is 10.1 Å². The number of benzene rings is 2. The lowest BCUT2D eigenvalue weighted by Gasteiger charge is -2.18. The summed E-state index contributed by atoms with van der Waals surface area (Å²) in [4.78, 5) is 18.4. The maximum absolute atomic E-state index is 13.6. The molecule has 1 aliphatic heterocycles. The Morgan fingerprint density at radius 1 is 1.03 bits per heavy atom. The molecular formula is C29H33N5O4S. The zero-order valence-corrected chi connectivity index (χ0v) is 23.7. The Bertz CT molecular complexity index is 1650. The molecule has 2 aromatic carbocycles. The lowest BCUT2D eigenvalue weighted by atomic mass is 10.0. The van der Waals surface area contributed by atoms with Crippen molar-refractivity contribution >= 4 is 27.3 Å². The highest BCUT2D eigenvalue weighted by atomic mass is 32.2. The van der Waals surface area contributed by atoms with Crippen molar-refractivity contribution in [3.8, 4) is 16.9 Å². The van der Waals surface area contributed by atoms with Crippen LogP contribution in [-0.2, 0) is 10.0 Å². The fourth-order valence-corrected chi connectivity index (χ4v) is 6.69. The van der Waals surface area contributed by atoms with E-state index in [1.807, 2.05) is 44.2 Å². The highest BCUT2D eigenvalue weighted by Gasteiger charge is 2.31. The van der Waals surface area contributed by atoms with Gasteiger partial charge in [0.05, 0.1) is 12.7 Å². The molecule has 0 saturated carbocycles. The third kappa shape index (κ3) is 5.02. The first kappa shape index (κ1) is 26.8. The van der Waals surface area contributed by atoms with E-state index in [1.54, 1.807) is 22.7 Å². The van der Waals surface area contributed by atoms with E-state index in [1.165, 1.54) is 17.0 Å². The number of hydrogen-bond acceptors (Lipinski definition) is 6. The van der Waals surface area contributed by atoms with Crippen molar-refractivity contribution in [1.29, 1.82) is 0 Å². The first-order valence-corrected chi connectivity index (χ1v) is 14.5. The number of methoxy groups -OCH3 is 1. The van der Waals surface area contributed by atoms with Crippen molar-refractivity contribution in [1.82, 2.24) is 18.9 Å². The van der Waals surface area contributed by atoms with Gasteiger partial charge in [0.1, 0.15) is 10.6 Å². The molecule has 4 aromatic rings. The molecule has 0 radical (unpaired) electrons. The minimum absolute atomic E-state index is 0.0590. The summed E-state index contributed by atoms with van der Waals surface area (Å²) >= 11 is 0. The van der Waals surface area contributed by atoms with E-state index in [0.717, 1.165) is 24.2 Å². The monoisotopic (exact) mass is 547 g/mol. The number of rotatable bonds is 7. The second kappa shape index (κ2) is 10.4. The average Bonchev–Trinajstić information content (AvgIpc) is 3.58. The van der Waals surface area contributed by atoms with Gasteiger partial charge in [0, 0.05) is 30.2 Å². The van der Waals surface area contributed by atoms with E-state index in [-0.39, 0.29) is 16.3 Å². The SMILES string of the molecule is COc1ccc(-c2c(C(=O)Nc3ccc(C(C)C)cc3)nn3c(C)cc(C)nc23)cc1S(=O)(=O)N1CCCC1. The van der Waals surface area contributed by atoms with Crippen LogP contribution in [0.15, 0.2) is 53.4 Å². The van der Waals surface area contributed by atoms with Gasteiger partial charge in [0.2, 0.25) is 10.0 Å². The molecule has 204 valence electrons. The quantitative estimate of drug-likeness (QED) is 0.342. The van der Waals surface area contributed by atoms with Crippen molar-refractivity contribution in [2.45, 2.75) is 51.3 Å². The van der Waals surface area contributed by atoms with Gasteiger partial charge in [-0.3, -0.25) is 4.79 Å². The van der Waals surface area contributed by atoms with Crippen LogP contribution in [0.3, 0.4) is 0 Å². The van der Waals surface area contributed by atoms with Crippen LogP contribution in [0.5, 0.6) is 5.75 Å². The highest BCUT2D eigenvalue weighted by Crippen LogP contribution is 2.36. The lowest BCUT2D eigenvalue weighted by Crippen LogP contribution is -2.28. The largest absolute Gasteiger partial charge is 0.495 e. The molecule has 0 bridgehead atoms. The predicted molar refractivity (Wildman–Crippen MR) is 151 cm³/mol. The molecule has 2 aromatic heterocycles. The molecule has 3 heterocycles. The van der Waals surface area contributed by atoms with Gasteiger partial charge in [-0.1, -0.05) is 32.0 Å². The molecule has 0 unspecified atom stereocenters. The van der Waals surface area contributed by atoms with Gasteiger partial charge in [0.15, 0.2) is 11.3 Å². The topological polar surface area (TPSA) is 106 Å². The van der Waals surface area contributed by atoms with E-state index in [0.29, 0.717) is 41.5 Å². The van der Waals surface area contributed by atoms with Crippen LogP contribution in [0.4, 0.5) is 5.69 Å². The molecule has 10 heteroatoms. The minimum atomic E-state index is -3.80. The van der Waals surface area contributed by atoms with Crippen molar-refractivity contribution in [3.05, 3.63) is 71.2 Å². The molecule has 1 amide bonds. The predicted octanol–water partition coefficient (Wildman–Crippen LogP) is 5.18. The van der Waals surface area contributed by atoms with E-state index in [9.17, 15) is 13.2 Å². The fourth-order valence-electron chi connectivity index (χ4n) is 4.99. The number of carbonyl (C=O) groups excluding carboxylic acids is 1. The number of carbonyl (C=O) groups is 1. The van der Waals surface area contributed by atoms with Gasteiger partial charge >= 0.3 is 0 Å². The molecule has 0 atom stereocenters. The van der Waals surface area contributed by atoms with Crippen LogP contribution in [0.1, 0.15) is 60.0 Å². The maximum atomic E-state index is 13.6. The number of amides is 1. The van der Waals surface area contributed by atoms with Crippen LogP contribution in [0.2, 0.25) is 0 Å². The molecule has 0 spiro atoms. The Balaban J connectivity index is 1.65. The van der Waals surface area contributed by atoms with Crippen molar-refractivity contribution in [2.24, 2.45) is 0 Å². The first-order valence-electron chi connectivity index (χ1n) is 13.1. The number of hydrogen-bond donors (Lipinski definition) is 1. The normalized spacial score (nSPS) is 14.3. The molecule has 1 aliphatic rings. The zero-order chi connectivity index (χ0) is 27.9. The van der Waals surface area contributed by atoms with E-state index in [4.69, 9.17) is 9.72 Å². The van der Waals surface area contributed by atoms with Crippen LogP contribution in [0.25, 0.3) is 16.8 Å². The first-order chi connectivity index (χ1) is 18.6. The standard InChI is InChI=1S/C29H33N5O4S/c1-18(2)21-8-11-23(12-9-21)31-29(35)27-26(28-30-19(3)16-20(4)34(28)32-27)22-10-13-24(38-5)25(17-22)39(36,37)33-14-6-7-15-33/h8-13,16-18H,6-7,14-15H2,1-5H3,(H,31,35). The van der Waals surface area contributed by atoms with E-state index < -0.39 is 15.9 Å². The summed E-state index contributed by atoms with van der Waals surface area (Å²) in [5.74, 6) is 0.210. The number of fused-ring (bicyclic) bond motifs is 1. The Labute approximate surface area is 228 Å². The molecule has 1 N–H and O–H groups in total. The number of aromatic nitrogens is 3. The summed E-state index contributed by atoms with van der Waals surface area (Å²) in [6.07, 6.45) is 1.64. The summed E-state index contributed by atoms with van der Waals surface area (Å²) in [5, 5.41) is 7.58. The lowest BCUT2D eigenvalue weighted by molar-refractivity contribution is 0.102. The van der Waals surface area contributed by atoms with Crippen LogP contribution >= 0.6 is 0 Å². The summed E-state index contributed by atoms with van der Waals surface area (Å²) in [6.45, 7) is 8.92. The summed E-state index contributed by atoms with van der Waals surface area (Å²) in [6, 6.07) is 14.5. The third-order valence-corrected chi connectivity index (χ3v) is 9.00. The van der Waals surface area contributed by atoms with Crippen molar-refractivity contribution in [3.63, 3.8) is 0 Å². The highest BCUT2D eigenvalue weighted by molar-refractivity contribution is 7.89. The Morgan fingerprint density at radius 2 is 1.72 bits per heavy atom. The number of ether oxygens (including phenoxy) is 1.